The molecule has 44 heavy (non-hydrogen) atoms. The van der Waals surface area contributed by atoms with Crippen LogP contribution in [0.1, 0.15) is 76.1 Å². The predicted octanol–water partition coefficient (Wildman–Crippen LogP) is 6.06. The normalized spacial score (nSPS) is 9.80. The highest BCUT2D eigenvalue weighted by Gasteiger charge is 2.16. The van der Waals surface area contributed by atoms with E-state index >= 15 is 0 Å². The van der Waals surface area contributed by atoms with Crippen LogP contribution in [-0.2, 0) is 23.9 Å². The Morgan fingerprint density at radius 2 is 1.02 bits per heavy atom. The minimum absolute atomic E-state index is 0.0216. The third-order valence-electron chi connectivity index (χ3n) is 4.94. The molecule has 0 aliphatic heterocycles. The first kappa shape index (κ1) is 41.9. The van der Waals surface area contributed by atoms with E-state index in [1.165, 1.54) is 38.5 Å². The second-order valence-electron chi connectivity index (χ2n) is 10.2. The number of ether oxygens (including phenoxy) is 4. The molecule has 2 aromatic rings. The fourth-order valence-electron chi connectivity index (χ4n) is 2.17. The Labute approximate surface area is 263 Å². The van der Waals surface area contributed by atoms with Gasteiger partial charge < -0.3 is 24.1 Å². The highest BCUT2D eigenvalue weighted by molar-refractivity contribution is 6.63. The number of methoxy groups -OCH3 is 2. The van der Waals surface area contributed by atoms with Gasteiger partial charge in [0.25, 0.3) is 0 Å². The first-order valence-corrected chi connectivity index (χ1v) is 13.9. The average molecular weight is 639 g/mol. The van der Waals surface area contributed by atoms with Gasteiger partial charge in [-0.25, -0.2) is 0 Å². The van der Waals surface area contributed by atoms with Crippen LogP contribution in [-0.4, -0.2) is 55.0 Å². The molecule has 0 aromatic heterocycles. The maximum absolute atomic E-state index is 11.4. The van der Waals surface area contributed by atoms with E-state index in [0.717, 1.165) is 0 Å². The molecule has 0 aliphatic carbocycles. The third-order valence-corrected chi connectivity index (χ3v) is 5.38. The zero-order valence-corrected chi connectivity index (χ0v) is 27.6. The van der Waals surface area contributed by atoms with Gasteiger partial charge in [0.1, 0.15) is 12.6 Å². The van der Waals surface area contributed by atoms with E-state index in [0.29, 0.717) is 40.9 Å². The summed E-state index contributed by atoms with van der Waals surface area (Å²) in [7, 11) is 2.89. The van der Waals surface area contributed by atoms with Gasteiger partial charge in [0.2, 0.25) is 5.24 Å². The Balaban J connectivity index is 0. The van der Waals surface area contributed by atoms with Crippen LogP contribution in [0.3, 0.4) is 0 Å². The summed E-state index contributed by atoms with van der Waals surface area (Å²) in [6.07, 6.45) is 1.40. The molecule has 244 valence electrons. The Morgan fingerprint density at radius 3 is 1.36 bits per heavy atom. The zero-order valence-electron chi connectivity index (χ0n) is 26.8. The van der Waals surface area contributed by atoms with Crippen molar-refractivity contribution >= 4 is 47.3 Å². The molecular weight excluding hydrogens is 596 g/mol. The summed E-state index contributed by atoms with van der Waals surface area (Å²) in [4.78, 5) is 63.7. The molecule has 0 fully saturated rings. The molecule has 0 heterocycles. The van der Waals surface area contributed by atoms with Gasteiger partial charge in [-0.1, -0.05) is 55.4 Å². The lowest BCUT2D eigenvalue weighted by molar-refractivity contribution is -0.164. The van der Waals surface area contributed by atoms with Crippen molar-refractivity contribution in [2.75, 3.05) is 14.2 Å². The number of esters is 3. The Bertz CT molecular complexity index is 1220. The largest absolute Gasteiger partial charge is 0.504 e. The van der Waals surface area contributed by atoms with Gasteiger partial charge in [0.05, 0.1) is 32.0 Å². The summed E-state index contributed by atoms with van der Waals surface area (Å²) >= 11 is 4.97. The number of carbonyl (C=O) groups excluding carboxylic acids is 6. The number of rotatable bonds is 9. The minimum atomic E-state index is -0.455. The number of benzene rings is 2. The summed E-state index contributed by atoms with van der Waals surface area (Å²) in [5, 5.41) is 8.82. The van der Waals surface area contributed by atoms with E-state index in [9.17, 15) is 28.8 Å². The topological polar surface area (TPSA) is 160 Å². The maximum Gasteiger partial charge on any atom is 0.316 e. The lowest BCUT2D eigenvalue weighted by atomic mass is 10.2. The first-order chi connectivity index (χ1) is 20.4. The standard InChI is InChI=1S/C12H14O4.C8H8O3.C8H14O3.C4H7ClO/c1-8(2)12(14)16-10-5-4-9(7-13)6-11(10)15-3;1-11-8-4-6(5-9)2-3-7(8)10;1-5(2)7(9)11-8(10)6(3)4;1-3(2)4(5)6/h4-8H,1-3H3;2-5,10H,1H3;5-6H,1-4H3;3H,1-2H3. The van der Waals surface area contributed by atoms with Crippen LogP contribution in [0, 0.1) is 23.7 Å². The van der Waals surface area contributed by atoms with Crippen molar-refractivity contribution in [3.05, 3.63) is 47.5 Å². The first-order valence-electron chi connectivity index (χ1n) is 13.6. The number of halogens is 1. The fourth-order valence-corrected chi connectivity index (χ4v) is 2.17. The van der Waals surface area contributed by atoms with E-state index in [2.05, 4.69) is 4.74 Å². The molecule has 0 bridgehead atoms. The van der Waals surface area contributed by atoms with Crippen molar-refractivity contribution < 1.29 is 52.8 Å². The van der Waals surface area contributed by atoms with E-state index in [-0.39, 0.29) is 40.6 Å². The van der Waals surface area contributed by atoms with Crippen LogP contribution in [0.4, 0.5) is 0 Å². The zero-order chi connectivity index (χ0) is 34.6. The van der Waals surface area contributed by atoms with Crippen molar-refractivity contribution in [1.82, 2.24) is 0 Å². The number of phenolic OH excluding ortho intramolecular Hbond substituents is 1. The van der Waals surface area contributed by atoms with Crippen LogP contribution in [0.2, 0.25) is 0 Å². The second kappa shape index (κ2) is 22.3. The van der Waals surface area contributed by atoms with E-state index < -0.39 is 11.9 Å². The number of hydrogen-bond donors (Lipinski definition) is 1. The molecule has 0 amide bonds. The van der Waals surface area contributed by atoms with Crippen molar-refractivity contribution in [2.45, 2.75) is 55.4 Å². The molecule has 0 saturated carbocycles. The second-order valence-corrected chi connectivity index (χ2v) is 10.5. The maximum atomic E-state index is 11.4. The molecular formula is C32H43ClO11. The Hall–Kier alpha value is -4.25. The fraction of sp³-hybridized carbons (Fsp3) is 0.438. The SMILES string of the molecule is CC(C)C(=O)Cl.CC(C)C(=O)OC(=O)C(C)C.COc1cc(C=O)ccc1O.COc1cc(C=O)ccc1OC(=O)C(C)C. The van der Waals surface area contributed by atoms with Gasteiger partial charge in [-0.15, -0.1) is 0 Å². The van der Waals surface area contributed by atoms with Crippen LogP contribution in [0.5, 0.6) is 23.0 Å². The van der Waals surface area contributed by atoms with Crippen molar-refractivity contribution in [2.24, 2.45) is 23.7 Å². The third kappa shape index (κ3) is 17.6. The van der Waals surface area contributed by atoms with Crippen LogP contribution in [0.25, 0.3) is 0 Å². The monoisotopic (exact) mass is 638 g/mol. The number of phenols is 1. The highest BCUT2D eigenvalue weighted by atomic mass is 35.5. The summed E-state index contributed by atoms with van der Waals surface area (Å²) in [5.74, 6) is -0.903. The van der Waals surface area contributed by atoms with Crippen molar-refractivity contribution in [3.8, 4) is 23.0 Å². The smallest absolute Gasteiger partial charge is 0.316 e. The van der Waals surface area contributed by atoms with Gasteiger partial charge in [-0.2, -0.15) is 0 Å². The lowest BCUT2D eigenvalue weighted by Gasteiger charge is -2.10. The molecule has 0 atom stereocenters. The lowest BCUT2D eigenvalue weighted by Crippen LogP contribution is -2.20. The summed E-state index contributed by atoms with van der Waals surface area (Å²) in [6, 6.07) is 9.05. The van der Waals surface area contributed by atoms with Crippen LogP contribution < -0.4 is 14.2 Å². The molecule has 2 aromatic carbocycles. The van der Waals surface area contributed by atoms with Crippen LogP contribution in [0.15, 0.2) is 36.4 Å². The highest BCUT2D eigenvalue weighted by Crippen LogP contribution is 2.28. The molecule has 0 saturated heterocycles. The summed E-state index contributed by atoms with van der Waals surface area (Å²) < 4.78 is 19.4. The molecule has 12 heteroatoms. The van der Waals surface area contributed by atoms with E-state index in [1.54, 1.807) is 67.5 Å². The number of carbonyl (C=O) groups is 6. The van der Waals surface area contributed by atoms with Gasteiger partial charge in [0.15, 0.2) is 23.0 Å². The van der Waals surface area contributed by atoms with Crippen molar-refractivity contribution in [1.29, 1.82) is 0 Å². The molecule has 11 nitrogen and oxygen atoms in total. The van der Waals surface area contributed by atoms with Crippen molar-refractivity contribution in [3.63, 3.8) is 0 Å². The molecule has 0 spiro atoms. The van der Waals surface area contributed by atoms with Gasteiger partial charge in [-0.3, -0.25) is 28.8 Å². The number of hydrogen-bond acceptors (Lipinski definition) is 11. The summed E-state index contributed by atoms with van der Waals surface area (Å²) in [6.45, 7) is 13.8. The Kier molecular flexibility index (Phi) is 21.2. The molecule has 2 rings (SSSR count). The number of aromatic hydroxyl groups is 1. The molecule has 0 unspecified atom stereocenters. The van der Waals surface area contributed by atoms with Crippen LogP contribution >= 0.6 is 11.6 Å². The van der Waals surface area contributed by atoms with Gasteiger partial charge >= 0.3 is 17.9 Å². The predicted molar refractivity (Wildman–Crippen MR) is 165 cm³/mol. The summed E-state index contributed by atoms with van der Waals surface area (Å²) in [5.41, 5.74) is 0.959. The quantitative estimate of drug-likeness (QED) is 0.112. The van der Waals surface area contributed by atoms with Gasteiger partial charge in [0, 0.05) is 17.0 Å². The molecule has 1 N–H and O–H groups in total. The minimum Gasteiger partial charge on any atom is -0.504 e. The van der Waals surface area contributed by atoms with Gasteiger partial charge in [-0.05, 0) is 48.0 Å². The van der Waals surface area contributed by atoms with E-state index in [1.807, 2.05) is 0 Å². The molecule has 0 aliphatic rings. The molecule has 0 radical (unpaired) electrons. The average Bonchev–Trinajstić information content (AvgIpc) is 2.98. The Morgan fingerprint density at radius 1 is 0.636 bits per heavy atom. The number of aldehydes is 2. The van der Waals surface area contributed by atoms with E-state index in [4.69, 9.17) is 30.9 Å².